The van der Waals surface area contributed by atoms with Gasteiger partial charge in [-0.05, 0) is 49.2 Å². The maximum absolute atomic E-state index is 12.7. The molecule has 5 nitrogen and oxygen atoms in total. The molecule has 8 heteroatoms. The first-order chi connectivity index (χ1) is 12.8. The zero-order valence-electron chi connectivity index (χ0n) is 14.9. The number of nitrogens with one attached hydrogen (secondary N) is 1. The maximum atomic E-state index is 12.7. The van der Waals surface area contributed by atoms with Crippen LogP contribution in [0, 0.1) is 5.92 Å². The molecule has 1 amide bonds. The summed E-state index contributed by atoms with van der Waals surface area (Å²) < 4.78 is 24.6. The van der Waals surface area contributed by atoms with Gasteiger partial charge in [-0.25, -0.2) is 12.7 Å². The van der Waals surface area contributed by atoms with Gasteiger partial charge in [-0.15, -0.1) is 0 Å². The number of amides is 1. The number of sulfonamides is 1. The van der Waals surface area contributed by atoms with Gasteiger partial charge >= 0.3 is 0 Å². The summed E-state index contributed by atoms with van der Waals surface area (Å²) in [7, 11) is -3.19. The molecule has 0 atom stereocenters. The zero-order valence-corrected chi connectivity index (χ0v) is 17.3. The highest BCUT2D eigenvalue weighted by Gasteiger charge is 2.29. The van der Waals surface area contributed by atoms with Crippen LogP contribution in [0.4, 0.5) is 5.69 Å². The summed E-state index contributed by atoms with van der Waals surface area (Å²) in [4.78, 5) is 14.6. The van der Waals surface area contributed by atoms with Crippen LogP contribution >= 0.6 is 23.4 Å². The Kier molecular flexibility index (Phi) is 6.47. The number of carbonyl (C=O) groups excluding carboxylic acids is 1. The molecule has 0 bridgehead atoms. The summed E-state index contributed by atoms with van der Waals surface area (Å²) in [6.45, 7) is 0.774. The topological polar surface area (TPSA) is 66.5 Å². The lowest BCUT2D eigenvalue weighted by atomic mass is 9.97. The van der Waals surface area contributed by atoms with Gasteiger partial charge in [0.2, 0.25) is 15.9 Å². The van der Waals surface area contributed by atoms with Gasteiger partial charge in [-0.2, -0.15) is 0 Å². The minimum Gasteiger partial charge on any atom is -0.325 e. The van der Waals surface area contributed by atoms with E-state index in [1.54, 1.807) is 11.8 Å². The standard InChI is InChI=1S/C19H21ClN2O3S2/c1-27(24,25)22-12-10-14(11-13-22)19(23)21-17-4-2-3-5-18(17)26-16-8-6-15(20)7-9-16/h2-9,14H,10-13H2,1H3,(H,21,23). The van der Waals surface area contributed by atoms with Crippen LogP contribution in [-0.4, -0.2) is 38.0 Å². The summed E-state index contributed by atoms with van der Waals surface area (Å²) in [5, 5.41) is 3.69. The second-order valence-electron chi connectivity index (χ2n) is 6.48. The van der Waals surface area contributed by atoms with Crippen LogP contribution < -0.4 is 5.32 Å². The fraction of sp³-hybridized carbons (Fsp3) is 0.316. The maximum Gasteiger partial charge on any atom is 0.227 e. The SMILES string of the molecule is CS(=O)(=O)N1CCC(C(=O)Nc2ccccc2Sc2ccc(Cl)cc2)CC1. The van der Waals surface area contributed by atoms with Crippen molar-refractivity contribution in [1.29, 1.82) is 0 Å². The first kappa shape index (κ1) is 20.2. The number of piperidine rings is 1. The third-order valence-electron chi connectivity index (χ3n) is 4.48. The molecule has 0 saturated carbocycles. The Bertz CT molecular complexity index is 909. The smallest absolute Gasteiger partial charge is 0.227 e. The second kappa shape index (κ2) is 8.65. The highest BCUT2D eigenvalue weighted by atomic mass is 35.5. The van der Waals surface area contributed by atoms with Crippen LogP contribution in [0.1, 0.15) is 12.8 Å². The average Bonchev–Trinajstić information content (AvgIpc) is 2.64. The van der Waals surface area contributed by atoms with Gasteiger partial charge < -0.3 is 5.32 Å². The van der Waals surface area contributed by atoms with Crippen molar-refractivity contribution in [3.63, 3.8) is 0 Å². The van der Waals surface area contributed by atoms with Crippen molar-refractivity contribution in [2.75, 3.05) is 24.7 Å². The van der Waals surface area contributed by atoms with Crippen LogP contribution in [0.5, 0.6) is 0 Å². The van der Waals surface area contributed by atoms with E-state index in [1.165, 1.54) is 10.6 Å². The number of para-hydroxylation sites is 1. The van der Waals surface area contributed by atoms with Crippen molar-refractivity contribution < 1.29 is 13.2 Å². The molecule has 1 aliphatic heterocycles. The molecular formula is C19H21ClN2O3S2. The van der Waals surface area contributed by atoms with Gasteiger partial charge in [0.1, 0.15) is 0 Å². The molecule has 1 heterocycles. The molecule has 2 aromatic rings. The Hall–Kier alpha value is -1.54. The molecule has 1 saturated heterocycles. The van der Waals surface area contributed by atoms with Crippen LogP contribution in [-0.2, 0) is 14.8 Å². The van der Waals surface area contributed by atoms with E-state index in [4.69, 9.17) is 11.6 Å². The lowest BCUT2D eigenvalue weighted by Gasteiger charge is -2.29. The number of hydrogen-bond donors (Lipinski definition) is 1. The Morgan fingerprint density at radius 2 is 1.74 bits per heavy atom. The minimum atomic E-state index is -3.19. The van der Waals surface area contributed by atoms with Gasteiger partial charge in [0.05, 0.1) is 11.9 Å². The molecule has 0 spiro atoms. The van der Waals surface area contributed by atoms with Crippen molar-refractivity contribution in [2.45, 2.75) is 22.6 Å². The highest BCUT2D eigenvalue weighted by molar-refractivity contribution is 7.99. The Morgan fingerprint density at radius 1 is 1.11 bits per heavy atom. The van der Waals surface area contributed by atoms with Crippen molar-refractivity contribution in [3.05, 3.63) is 53.6 Å². The van der Waals surface area contributed by atoms with E-state index in [0.29, 0.717) is 31.0 Å². The Morgan fingerprint density at radius 3 is 2.37 bits per heavy atom. The van der Waals surface area contributed by atoms with Crippen LogP contribution in [0.25, 0.3) is 0 Å². The van der Waals surface area contributed by atoms with E-state index in [0.717, 1.165) is 15.5 Å². The Labute approximate surface area is 169 Å². The molecule has 1 N–H and O–H groups in total. The number of halogens is 1. The third-order valence-corrected chi connectivity index (χ3v) is 7.12. The molecule has 1 aliphatic rings. The van der Waals surface area contributed by atoms with Gasteiger partial charge in [-0.1, -0.05) is 35.5 Å². The fourth-order valence-corrected chi connectivity index (χ4v) is 4.87. The van der Waals surface area contributed by atoms with E-state index >= 15 is 0 Å². The Balaban J connectivity index is 1.66. The molecule has 27 heavy (non-hydrogen) atoms. The van der Waals surface area contributed by atoms with Crippen molar-refractivity contribution >= 4 is 45.0 Å². The van der Waals surface area contributed by atoms with Crippen LogP contribution in [0.15, 0.2) is 58.3 Å². The summed E-state index contributed by atoms with van der Waals surface area (Å²) in [6, 6.07) is 15.2. The lowest BCUT2D eigenvalue weighted by Crippen LogP contribution is -2.40. The molecule has 2 aromatic carbocycles. The summed E-state index contributed by atoms with van der Waals surface area (Å²) >= 11 is 7.49. The van der Waals surface area contributed by atoms with E-state index in [9.17, 15) is 13.2 Å². The molecule has 0 radical (unpaired) electrons. The summed E-state index contributed by atoms with van der Waals surface area (Å²) in [5.74, 6) is -0.246. The van der Waals surface area contributed by atoms with Gasteiger partial charge in [0, 0.05) is 33.8 Å². The zero-order chi connectivity index (χ0) is 19.4. The van der Waals surface area contributed by atoms with Crippen molar-refractivity contribution in [1.82, 2.24) is 4.31 Å². The highest BCUT2D eigenvalue weighted by Crippen LogP contribution is 2.34. The van der Waals surface area contributed by atoms with Crippen molar-refractivity contribution in [2.24, 2.45) is 5.92 Å². The molecular weight excluding hydrogens is 404 g/mol. The predicted octanol–water partition coefficient (Wildman–Crippen LogP) is 4.10. The number of nitrogens with zero attached hydrogens (tertiary/aromatic N) is 1. The number of hydrogen-bond acceptors (Lipinski definition) is 4. The van der Waals surface area contributed by atoms with E-state index in [-0.39, 0.29) is 11.8 Å². The van der Waals surface area contributed by atoms with Gasteiger partial charge in [0.15, 0.2) is 0 Å². The first-order valence-electron chi connectivity index (χ1n) is 8.61. The lowest BCUT2D eigenvalue weighted by molar-refractivity contribution is -0.120. The third kappa shape index (κ3) is 5.48. The largest absolute Gasteiger partial charge is 0.325 e. The predicted molar refractivity (Wildman–Crippen MR) is 110 cm³/mol. The molecule has 0 aliphatic carbocycles. The minimum absolute atomic E-state index is 0.0627. The van der Waals surface area contributed by atoms with Gasteiger partial charge in [-0.3, -0.25) is 4.79 Å². The fourth-order valence-electron chi connectivity index (χ4n) is 2.97. The summed E-state index contributed by atoms with van der Waals surface area (Å²) in [6.07, 6.45) is 2.27. The van der Waals surface area contributed by atoms with E-state index in [2.05, 4.69) is 5.32 Å². The first-order valence-corrected chi connectivity index (χ1v) is 11.7. The van der Waals surface area contributed by atoms with Crippen LogP contribution in [0.2, 0.25) is 5.02 Å². The second-order valence-corrected chi connectivity index (χ2v) is 10.0. The number of anilines is 1. The quantitative estimate of drug-likeness (QED) is 0.784. The number of rotatable bonds is 5. The normalized spacial score (nSPS) is 16.2. The molecule has 3 rings (SSSR count). The molecule has 1 fully saturated rings. The molecule has 0 aromatic heterocycles. The van der Waals surface area contributed by atoms with Crippen LogP contribution in [0.3, 0.4) is 0 Å². The average molecular weight is 425 g/mol. The molecule has 144 valence electrons. The summed E-state index contributed by atoms with van der Waals surface area (Å²) in [5.41, 5.74) is 0.757. The number of carbonyl (C=O) groups is 1. The van der Waals surface area contributed by atoms with E-state index < -0.39 is 10.0 Å². The van der Waals surface area contributed by atoms with E-state index in [1.807, 2.05) is 48.5 Å². The van der Waals surface area contributed by atoms with Crippen molar-refractivity contribution in [3.8, 4) is 0 Å². The number of benzene rings is 2. The van der Waals surface area contributed by atoms with Gasteiger partial charge in [0.25, 0.3) is 0 Å². The monoisotopic (exact) mass is 424 g/mol. The molecule has 0 unspecified atom stereocenters.